The van der Waals surface area contributed by atoms with Gasteiger partial charge in [0, 0.05) is 6.07 Å². The molecule has 2 heterocycles. The van der Waals surface area contributed by atoms with E-state index in [2.05, 4.69) is 4.74 Å². The van der Waals surface area contributed by atoms with Crippen LogP contribution >= 0.6 is 0 Å². The molecule has 0 atom stereocenters. The first-order chi connectivity index (χ1) is 10.2. The normalized spacial score (nSPS) is 12.3. The van der Waals surface area contributed by atoms with Crippen LogP contribution < -0.4 is 14.2 Å². The Labute approximate surface area is 121 Å². The summed E-state index contributed by atoms with van der Waals surface area (Å²) in [5.74, 6) is 2.61. The van der Waals surface area contributed by atoms with Crippen molar-refractivity contribution in [2.75, 3.05) is 13.9 Å². The molecular weight excluding hydrogens is 276 g/mol. The van der Waals surface area contributed by atoms with Crippen LogP contribution in [0, 0.1) is 6.92 Å². The van der Waals surface area contributed by atoms with Crippen LogP contribution in [0.1, 0.15) is 21.9 Å². The van der Waals surface area contributed by atoms with Crippen LogP contribution in [0.3, 0.4) is 0 Å². The molecule has 1 aromatic heterocycles. The Morgan fingerprint density at radius 3 is 2.86 bits per heavy atom. The second-order valence-electron chi connectivity index (χ2n) is 4.48. The predicted molar refractivity (Wildman–Crippen MR) is 71.7 cm³/mol. The van der Waals surface area contributed by atoms with E-state index in [0.29, 0.717) is 34.3 Å². The molecule has 0 radical (unpaired) electrons. The van der Waals surface area contributed by atoms with Crippen molar-refractivity contribution in [3.05, 3.63) is 41.3 Å². The van der Waals surface area contributed by atoms with Crippen molar-refractivity contribution >= 4 is 5.97 Å². The van der Waals surface area contributed by atoms with Gasteiger partial charge in [-0.2, -0.15) is 0 Å². The molecule has 6 nitrogen and oxygen atoms in total. The molecule has 6 heteroatoms. The minimum atomic E-state index is -0.425. The molecule has 2 aromatic rings. The monoisotopic (exact) mass is 290 g/mol. The highest BCUT2D eigenvalue weighted by molar-refractivity contribution is 5.90. The highest BCUT2D eigenvalue weighted by Gasteiger charge is 2.17. The lowest BCUT2D eigenvalue weighted by molar-refractivity contribution is 0.0599. The summed E-state index contributed by atoms with van der Waals surface area (Å²) in [5.41, 5.74) is 0.404. The highest BCUT2D eigenvalue weighted by atomic mass is 16.7. The Balaban J connectivity index is 1.69. The number of hydrogen-bond donors (Lipinski definition) is 0. The third kappa shape index (κ3) is 2.65. The number of carbonyl (C=O) groups excluding carboxylic acids is 1. The number of methoxy groups -OCH3 is 1. The van der Waals surface area contributed by atoms with E-state index in [-0.39, 0.29) is 13.4 Å². The number of esters is 1. The Bertz CT molecular complexity index is 673. The molecular formula is C15H14O6. The first kappa shape index (κ1) is 13.4. The van der Waals surface area contributed by atoms with Crippen LogP contribution in [0.5, 0.6) is 17.2 Å². The molecule has 0 fully saturated rings. The van der Waals surface area contributed by atoms with Gasteiger partial charge in [-0.1, -0.05) is 0 Å². The van der Waals surface area contributed by atoms with Gasteiger partial charge in [0.05, 0.1) is 7.11 Å². The van der Waals surface area contributed by atoms with E-state index in [4.69, 9.17) is 18.6 Å². The molecule has 21 heavy (non-hydrogen) atoms. The number of ether oxygens (including phenoxy) is 4. The fraction of sp³-hybridized carbons (Fsp3) is 0.267. The van der Waals surface area contributed by atoms with Crippen molar-refractivity contribution in [1.29, 1.82) is 0 Å². The number of carbonyl (C=O) groups is 1. The smallest absolute Gasteiger partial charge is 0.341 e. The lowest BCUT2D eigenvalue weighted by Crippen LogP contribution is -2.00. The molecule has 110 valence electrons. The molecule has 3 rings (SSSR count). The summed E-state index contributed by atoms with van der Waals surface area (Å²) in [6.07, 6.45) is 0. The second-order valence-corrected chi connectivity index (χ2v) is 4.48. The lowest BCUT2D eigenvalue weighted by Gasteiger charge is -2.04. The van der Waals surface area contributed by atoms with E-state index in [0.717, 1.165) is 0 Å². The van der Waals surface area contributed by atoms with Crippen molar-refractivity contribution in [2.45, 2.75) is 13.5 Å². The average Bonchev–Trinajstić information content (AvgIpc) is 3.10. The average molecular weight is 290 g/mol. The van der Waals surface area contributed by atoms with E-state index >= 15 is 0 Å². The summed E-state index contributed by atoms with van der Waals surface area (Å²) in [5, 5.41) is 0. The summed E-state index contributed by atoms with van der Waals surface area (Å²) < 4.78 is 26.3. The molecule has 0 amide bonds. The van der Waals surface area contributed by atoms with Gasteiger partial charge in [0.1, 0.15) is 29.4 Å². The maximum Gasteiger partial charge on any atom is 0.341 e. The quantitative estimate of drug-likeness (QED) is 0.806. The molecule has 1 aliphatic heterocycles. The highest BCUT2D eigenvalue weighted by Crippen LogP contribution is 2.35. The maximum absolute atomic E-state index is 11.5. The number of furan rings is 1. The van der Waals surface area contributed by atoms with Gasteiger partial charge in [-0.05, 0) is 25.1 Å². The Morgan fingerprint density at radius 2 is 2.05 bits per heavy atom. The SMILES string of the molecule is COC(=O)c1cc(COc2ccc3c(c2)OCO3)oc1C. The van der Waals surface area contributed by atoms with Gasteiger partial charge in [-0.25, -0.2) is 4.79 Å². The van der Waals surface area contributed by atoms with E-state index < -0.39 is 5.97 Å². The van der Waals surface area contributed by atoms with Crippen LogP contribution in [0.4, 0.5) is 0 Å². The first-order valence-corrected chi connectivity index (χ1v) is 6.37. The molecule has 0 N–H and O–H groups in total. The summed E-state index contributed by atoms with van der Waals surface area (Å²) in [6, 6.07) is 6.93. The lowest BCUT2D eigenvalue weighted by atomic mass is 10.2. The predicted octanol–water partition coefficient (Wildman–Crippen LogP) is 2.68. The van der Waals surface area contributed by atoms with Crippen molar-refractivity contribution in [1.82, 2.24) is 0 Å². The van der Waals surface area contributed by atoms with Crippen LogP contribution in [-0.2, 0) is 11.3 Å². The molecule has 0 spiro atoms. The number of rotatable bonds is 4. The van der Waals surface area contributed by atoms with Gasteiger partial charge in [-0.3, -0.25) is 0 Å². The maximum atomic E-state index is 11.5. The van der Waals surface area contributed by atoms with E-state index in [1.807, 2.05) is 0 Å². The largest absolute Gasteiger partial charge is 0.486 e. The van der Waals surface area contributed by atoms with Crippen molar-refractivity contribution in [3.8, 4) is 17.2 Å². The van der Waals surface area contributed by atoms with Crippen molar-refractivity contribution in [2.24, 2.45) is 0 Å². The van der Waals surface area contributed by atoms with E-state index in [9.17, 15) is 4.79 Å². The van der Waals surface area contributed by atoms with Gasteiger partial charge >= 0.3 is 5.97 Å². The van der Waals surface area contributed by atoms with Gasteiger partial charge < -0.3 is 23.4 Å². The zero-order valence-corrected chi connectivity index (χ0v) is 11.7. The van der Waals surface area contributed by atoms with Crippen molar-refractivity contribution in [3.63, 3.8) is 0 Å². The van der Waals surface area contributed by atoms with Gasteiger partial charge in [0.2, 0.25) is 6.79 Å². The number of aryl methyl sites for hydroxylation is 1. The fourth-order valence-corrected chi connectivity index (χ4v) is 2.05. The van der Waals surface area contributed by atoms with Gasteiger partial charge in [0.15, 0.2) is 11.5 Å². The van der Waals surface area contributed by atoms with Gasteiger partial charge in [-0.15, -0.1) is 0 Å². The zero-order chi connectivity index (χ0) is 14.8. The first-order valence-electron chi connectivity index (χ1n) is 6.37. The summed E-state index contributed by atoms with van der Waals surface area (Å²) in [7, 11) is 1.33. The molecule has 0 saturated heterocycles. The molecule has 0 unspecified atom stereocenters. The Kier molecular flexibility index (Phi) is 3.43. The van der Waals surface area contributed by atoms with Crippen LogP contribution in [-0.4, -0.2) is 19.9 Å². The third-order valence-corrected chi connectivity index (χ3v) is 3.10. The topological polar surface area (TPSA) is 67.1 Å². The fourth-order valence-electron chi connectivity index (χ4n) is 2.05. The van der Waals surface area contributed by atoms with E-state index in [1.165, 1.54) is 7.11 Å². The number of fused-ring (bicyclic) bond motifs is 1. The Hall–Kier alpha value is -2.63. The standard InChI is InChI=1S/C15H14O6/c1-9-12(15(16)17-2)5-11(21-9)7-18-10-3-4-13-14(6-10)20-8-19-13/h3-6H,7-8H2,1-2H3. The summed E-state index contributed by atoms with van der Waals surface area (Å²) in [6.45, 7) is 2.13. The Morgan fingerprint density at radius 1 is 1.24 bits per heavy atom. The number of benzene rings is 1. The minimum Gasteiger partial charge on any atom is -0.486 e. The van der Waals surface area contributed by atoms with Crippen LogP contribution in [0.2, 0.25) is 0 Å². The van der Waals surface area contributed by atoms with E-state index in [1.54, 1.807) is 31.2 Å². The summed E-state index contributed by atoms with van der Waals surface area (Å²) >= 11 is 0. The third-order valence-electron chi connectivity index (χ3n) is 3.10. The minimum absolute atomic E-state index is 0.206. The van der Waals surface area contributed by atoms with Gasteiger partial charge in [0.25, 0.3) is 0 Å². The number of hydrogen-bond acceptors (Lipinski definition) is 6. The van der Waals surface area contributed by atoms with Crippen LogP contribution in [0.15, 0.2) is 28.7 Å². The molecule has 0 bridgehead atoms. The molecule has 0 aliphatic carbocycles. The molecule has 1 aromatic carbocycles. The summed E-state index contributed by atoms with van der Waals surface area (Å²) in [4.78, 5) is 11.5. The zero-order valence-electron chi connectivity index (χ0n) is 11.7. The van der Waals surface area contributed by atoms with Crippen LogP contribution in [0.25, 0.3) is 0 Å². The van der Waals surface area contributed by atoms with Crippen molar-refractivity contribution < 1.29 is 28.2 Å². The molecule has 0 saturated carbocycles. The second kappa shape index (κ2) is 5.40. The molecule has 1 aliphatic rings.